The number of likely N-dealkylation sites (N-methyl/N-ethyl adjacent to an activating group) is 1. The summed E-state index contributed by atoms with van der Waals surface area (Å²) in [5, 5.41) is 0. The minimum absolute atomic E-state index is 0. The first-order valence-corrected chi connectivity index (χ1v) is 8.47. The minimum atomic E-state index is 0. The van der Waals surface area contributed by atoms with Gasteiger partial charge in [-0.2, -0.15) is 0 Å². The zero-order valence-electron chi connectivity index (χ0n) is 14.6. The normalized spacial score (nSPS) is 13.2. The number of carbonyl (C=O) groups is 1. The molecule has 5 heteroatoms. The van der Waals surface area contributed by atoms with Gasteiger partial charge in [-0.15, -0.1) is 12.4 Å². The molecule has 2 aromatic rings. The van der Waals surface area contributed by atoms with Crippen molar-refractivity contribution in [1.29, 1.82) is 0 Å². The number of benzene rings is 2. The van der Waals surface area contributed by atoms with Crippen LogP contribution in [-0.4, -0.2) is 49.1 Å². The molecular weight excluding hydrogens is 336 g/mol. The fourth-order valence-electron chi connectivity index (χ4n) is 2.92. The average molecular weight is 361 g/mol. The summed E-state index contributed by atoms with van der Waals surface area (Å²) in [4.78, 5) is 16.5. The second-order valence-corrected chi connectivity index (χ2v) is 6.23. The van der Waals surface area contributed by atoms with Gasteiger partial charge in [0.25, 0.3) is 5.91 Å². The Morgan fingerprint density at radius 1 is 1.04 bits per heavy atom. The van der Waals surface area contributed by atoms with Crippen LogP contribution in [0.2, 0.25) is 0 Å². The Labute approximate surface area is 155 Å². The van der Waals surface area contributed by atoms with Gasteiger partial charge in [-0.3, -0.25) is 4.79 Å². The van der Waals surface area contributed by atoms with Crippen molar-refractivity contribution in [2.45, 2.75) is 12.8 Å². The van der Waals surface area contributed by atoms with Crippen LogP contribution in [0.3, 0.4) is 0 Å². The molecule has 0 unspecified atom stereocenters. The van der Waals surface area contributed by atoms with Crippen molar-refractivity contribution in [2.75, 3.05) is 33.4 Å². The first-order valence-electron chi connectivity index (χ1n) is 8.47. The smallest absolute Gasteiger partial charge is 0.260 e. The van der Waals surface area contributed by atoms with Crippen molar-refractivity contribution in [1.82, 2.24) is 9.80 Å². The zero-order chi connectivity index (χ0) is 16.8. The summed E-state index contributed by atoms with van der Waals surface area (Å²) in [6.07, 6.45) is 2.00. The summed E-state index contributed by atoms with van der Waals surface area (Å²) in [6.45, 7) is 3.07. The molecular formula is C20H25ClN2O2. The molecule has 0 radical (unpaired) electrons. The van der Waals surface area contributed by atoms with E-state index in [4.69, 9.17) is 4.74 Å². The number of hydrogen-bond acceptors (Lipinski definition) is 3. The molecule has 1 aliphatic heterocycles. The van der Waals surface area contributed by atoms with E-state index in [1.54, 1.807) is 4.90 Å². The van der Waals surface area contributed by atoms with Crippen LogP contribution in [-0.2, 0) is 6.42 Å². The van der Waals surface area contributed by atoms with Crippen molar-refractivity contribution in [3.05, 3.63) is 65.7 Å². The fraction of sp³-hybridized carbons (Fsp3) is 0.350. The zero-order valence-corrected chi connectivity index (χ0v) is 15.4. The summed E-state index contributed by atoms with van der Waals surface area (Å²) < 4.78 is 5.66. The predicted molar refractivity (Wildman–Crippen MR) is 102 cm³/mol. The van der Waals surface area contributed by atoms with Gasteiger partial charge in [0, 0.05) is 13.1 Å². The average Bonchev–Trinajstić information content (AvgIpc) is 2.63. The Morgan fingerprint density at radius 2 is 1.76 bits per heavy atom. The number of halogens is 1. The lowest BCUT2D eigenvalue weighted by atomic mass is 10.1. The highest BCUT2D eigenvalue weighted by molar-refractivity contribution is 5.97. The van der Waals surface area contributed by atoms with Gasteiger partial charge >= 0.3 is 0 Å². The van der Waals surface area contributed by atoms with E-state index in [1.807, 2.05) is 30.3 Å². The predicted octanol–water partition coefficient (Wildman–Crippen LogP) is 3.47. The minimum Gasteiger partial charge on any atom is -0.472 e. The van der Waals surface area contributed by atoms with Crippen LogP contribution in [0.1, 0.15) is 22.3 Å². The molecule has 3 rings (SSSR count). The molecule has 0 N–H and O–H groups in total. The Balaban J connectivity index is 0.00000225. The van der Waals surface area contributed by atoms with Gasteiger partial charge in [0.15, 0.2) is 6.73 Å². The molecule has 1 heterocycles. The molecule has 0 aromatic heterocycles. The number of ether oxygens (including phenoxy) is 1. The van der Waals surface area contributed by atoms with E-state index in [1.165, 1.54) is 5.56 Å². The van der Waals surface area contributed by atoms with Crippen LogP contribution < -0.4 is 4.74 Å². The highest BCUT2D eigenvalue weighted by atomic mass is 35.5. The molecule has 0 saturated heterocycles. The van der Waals surface area contributed by atoms with E-state index in [0.717, 1.165) is 32.5 Å². The van der Waals surface area contributed by atoms with Crippen molar-refractivity contribution in [2.24, 2.45) is 0 Å². The maximum absolute atomic E-state index is 12.4. The maximum Gasteiger partial charge on any atom is 0.260 e. The molecule has 134 valence electrons. The van der Waals surface area contributed by atoms with Gasteiger partial charge in [-0.1, -0.05) is 42.5 Å². The third-order valence-electron chi connectivity index (χ3n) is 4.37. The highest BCUT2D eigenvalue weighted by Crippen LogP contribution is 2.24. The fourth-order valence-corrected chi connectivity index (χ4v) is 2.92. The molecule has 0 atom stereocenters. The first kappa shape index (κ1) is 19.3. The second kappa shape index (κ2) is 9.44. The molecule has 1 amide bonds. The molecule has 1 aliphatic rings. The van der Waals surface area contributed by atoms with Gasteiger partial charge in [0.2, 0.25) is 0 Å². The van der Waals surface area contributed by atoms with Crippen LogP contribution in [0.25, 0.3) is 0 Å². The standard InChI is InChI=1S/C20H24N2O2.ClH/c1-21(15-12-17-8-3-2-4-9-17)13-7-14-22-16-24-19-11-6-5-10-18(19)20(22)23;/h2-6,8-11H,7,12-16H2,1H3;1H. The third kappa shape index (κ3) is 5.21. The molecule has 0 fully saturated rings. The van der Waals surface area contributed by atoms with Crippen molar-refractivity contribution >= 4 is 18.3 Å². The van der Waals surface area contributed by atoms with E-state index in [-0.39, 0.29) is 18.3 Å². The lowest BCUT2D eigenvalue weighted by molar-refractivity contribution is 0.0512. The largest absolute Gasteiger partial charge is 0.472 e. The van der Waals surface area contributed by atoms with Crippen molar-refractivity contribution in [3.63, 3.8) is 0 Å². The highest BCUT2D eigenvalue weighted by Gasteiger charge is 2.24. The van der Waals surface area contributed by atoms with E-state index in [9.17, 15) is 4.79 Å². The molecule has 0 saturated carbocycles. The Kier molecular flexibility index (Phi) is 7.29. The number of rotatable bonds is 7. The van der Waals surface area contributed by atoms with Gasteiger partial charge in [0.05, 0.1) is 5.56 Å². The number of nitrogens with zero attached hydrogens (tertiary/aromatic N) is 2. The van der Waals surface area contributed by atoms with Crippen molar-refractivity contribution in [3.8, 4) is 5.75 Å². The summed E-state index contributed by atoms with van der Waals surface area (Å²) in [5.74, 6) is 0.766. The molecule has 4 nitrogen and oxygen atoms in total. The van der Waals surface area contributed by atoms with Crippen LogP contribution in [0, 0.1) is 0 Å². The quantitative estimate of drug-likeness (QED) is 0.758. The third-order valence-corrected chi connectivity index (χ3v) is 4.37. The first-order chi connectivity index (χ1) is 11.7. The van der Waals surface area contributed by atoms with Crippen LogP contribution in [0.4, 0.5) is 0 Å². The molecule has 2 aromatic carbocycles. The number of hydrogen-bond donors (Lipinski definition) is 0. The number of carbonyl (C=O) groups excluding carboxylic acids is 1. The van der Waals surface area contributed by atoms with Crippen molar-refractivity contribution < 1.29 is 9.53 Å². The monoisotopic (exact) mass is 360 g/mol. The maximum atomic E-state index is 12.4. The Morgan fingerprint density at radius 3 is 2.56 bits per heavy atom. The molecule has 0 aliphatic carbocycles. The SMILES string of the molecule is CN(CCCN1COc2ccccc2C1=O)CCc1ccccc1.Cl. The summed E-state index contributed by atoms with van der Waals surface area (Å²) in [7, 11) is 2.13. The molecule has 0 bridgehead atoms. The van der Waals surface area contributed by atoms with Gasteiger partial charge in [-0.05, 0) is 44.1 Å². The van der Waals surface area contributed by atoms with E-state index in [0.29, 0.717) is 18.0 Å². The van der Waals surface area contributed by atoms with Crippen LogP contribution in [0.5, 0.6) is 5.75 Å². The lowest BCUT2D eigenvalue weighted by Crippen LogP contribution is -2.40. The molecule has 25 heavy (non-hydrogen) atoms. The Bertz CT molecular complexity index is 678. The van der Waals surface area contributed by atoms with Gasteiger partial charge in [-0.25, -0.2) is 0 Å². The summed E-state index contributed by atoms with van der Waals surface area (Å²) in [5.41, 5.74) is 2.03. The number of fused-ring (bicyclic) bond motifs is 1. The number of para-hydroxylation sites is 1. The van der Waals surface area contributed by atoms with E-state index < -0.39 is 0 Å². The van der Waals surface area contributed by atoms with E-state index >= 15 is 0 Å². The lowest BCUT2D eigenvalue weighted by Gasteiger charge is -2.29. The summed E-state index contributed by atoms with van der Waals surface area (Å²) >= 11 is 0. The van der Waals surface area contributed by atoms with E-state index in [2.05, 4.69) is 36.2 Å². The summed E-state index contributed by atoms with van der Waals surface area (Å²) in [6, 6.07) is 18.0. The van der Waals surface area contributed by atoms with Gasteiger partial charge in [0.1, 0.15) is 5.75 Å². The van der Waals surface area contributed by atoms with Gasteiger partial charge < -0.3 is 14.5 Å². The van der Waals surface area contributed by atoms with Crippen LogP contribution >= 0.6 is 12.4 Å². The number of amides is 1. The van der Waals surface area contributed by atoms with Crippen LogP contribution in [0.15, 0.2) is 54.6 Å². The molecule has 0 spiro atoms. The second-order valence-electron chi connectivity index (χ2n) is 6.23. The Hall–Kier alpha value is -2.04. The topological polar surface area (TPSA) is 32.8 Å².